The van der Waals surface area contributed by atoms with Crippen molar-refractivity contribution in [3.63, 3.8) is 0 Å². The number of halogens is 1. The van der Waals surface area contributed by atoms with Crippen LogP contribution >= 0.6 is 11.6 Å². The van der Waals surface area contributed by atoms with Crippen molar-refractivity contribution >= 4 is 17.6 Å². The van der Waals surface area contributed by atoms with Crippen LogP contribution in [0.15, 0.2) is 24.3 Å². The van der Waals surface area contributed by atoms with Gasteiger partial charge in [0.25, 0.3) is 0 Å². The van der Waals surface area contributed by atoms with Crippen LogP contribution in [0.1, 0.15) is 31.4 Å². The third kappa shape index (κ3) is 4.35. The monoisotopic (exact) mass is 309 g/mol. The van der Waals surface area contributed by atoms with Crippen LogP contribution in [0.25, 0.3) is 0 Å². The fourth-order valence-corrected chi connectivity index (χ4v) is 2.80. The van der Waals surface area contributed by atoms with Crippen molar-refractivity contribution in [3.05, 3.63) is 34.9 Å². The predicted octanol–water partition coefficient (Wildman–Crippen LogP) is 3.14. The molecule has 1 aliphatic rings. The Balaban J connectivity index is 1.89. The minimum atomic E-state index is -0.0246. The van der Waals surface area contributed by atoms with Gasteiger partial charge in [0.05, 0.1) is 6.04 Å². The highest BCUT2D eigenvalue weighted by molar-refractivity contribution is 6.30. The first-order valence-electron chi connectivity index (χ1n) is 7.44. The summed E-state index contributed by atoms with van der Waals surface area (Å²) in [6.45, 7) is 4.09. The van der Waals surface area contributed by atoms with Gasteiger partial charge in [0.15, 0.2) is 0 Å². The first-order chi connectivity index (χ1) is 9.97. The number of amides is 2. The van der Waals surface area contributed by atoms with Crippen LogP contribution in [0.2, 0.25) is 5.02 Å². The van der Waals surface area contributed by atoms with Crippen molar-refractivity contribution in [1.29, 1.82) is 0 Å². The summed E-state index contributed by atoms with van der Waals surface area (Å²) >= 11 is 5.89. The summed E-state index contributed by atoms with van der Waals surface area (Å²) in [6, 6.07) is 7.89. The normalized spacial score (nSPS) is 18.3. The molecule has 1 aromatic rings. The van der Waals surface area contributed by atoms with E-state index in [-0.39, 0.29) is 12.1 Å². The Bertz CT molecular complexity index is 469. The maximum absolute atomic E-state index is 12.3. The smallest absolute Gasteiger partial charge is 0.317 e. The Kier molecular flexibility index (Phi) is 5.48. The zero-order valence-electron chi connectivity index (χ0n) is 13.0. The molecule has 0 aliphatic carbocycles. The summed E-state index contributed by atoms with van der Waals surface area (Å²) in [4.78, 5) is 16.5. The van der Waals surface area contributed by atoms with Gasteiger partial charge < -0.3 is 15.1 Å². The Morgan fingerprint density at radius 1 is 1.33 bits per heavy atom. The molecule has 1 unspecified atom stereocenters. The van der Waals surface area contributed by atoms with Gasteiger partial charge in [-0.25, -0.2) is 4.79 Å². The summed E-state index contributed by atoms with van der Waals surface area (Å²) in [6.07, 6.45) is 2.07. The maximum atomic E-state index is 12.3. The molecule has 0 bridgehead atoms. The third-order valence-corrected chi connectivity index (χ3v) is 4.52. The fourth-order valence-electron chi connectivity index (χ4n) is 2.67. The lowest BCUT2D eigenvalue weighted by atomic mass is 10.0. The fraction of sp³-hybridized carbons (Fsp3) is 0.562. The molecule has 1 N–H and O–H groups in total. The Morgan fingerprint density at radius 2 is 1.90 bits per heavy atom. The van der Waals surface area contributed by atoms with Crippen LogP contribution in [0.4, 0.5) is 4.79 Å². The van der Waals surface area contributed by atoms with Crippen LogP contribution < -0.4 is 5.32 Å². The second kappa shape index (κ2) is 7.14. The number of piperidine rings is 1. The average Bonchev–Trinajstić information content (AvgIpc) is 2.47. The van der Waals surface area contributed by atoms with Gasteiger partial charge in [0.2, 0.25) is 0 Å². The highest BCUT2D eigenvalue weighted by Crippen LogP contribution is 2.18. The van der Waals surface area contributed by atoms with Crippen molar-refractivity contribution in [2.45, 2.75) is 31.8 Å². The van der Waals surface area contributed by atoms with Crippen LogP contribution in [0.5, 0.6) is 0 Å². The number of carbonyl (C=O) groups excluding carboxylic acids is 1. The molecule has 0 radical (unpaired) electrons. The van der Waals surface area contributed by atoms with Gasteiger partial charge in [0.1, 0.15) is 0 Å². The zero-order chi connectivity index (χ0) is 15.4. The third-order valence-electron chi connectivity index (χ3n) is 4.27. The molecule has 1 aliphatic heterocycles. The van der Waals surface area contributed by atoms with Gasteiger partial charge >= 0.3 is 6.03 Å². The number of hydrogen-bond donors (Lipinski definition) is 1. The minimum Gasteiger partial charge on any atom is -0.331 e. The lowest BCUT2D eigenvalue weighted by Crippen LogP contribution is -2.48. The van der Waals surface area contributed by atoms with Gasteiger partial charge in [-0.15, -0.1) is 0 Å². The molecule has 2 rings (SSSR count). The topological polar surface area (TPSA) is 35.6 Å². The molecule has 4 nitrogen and oxygen atoms in total. The molecule has 116 valence electrons. The van der Waals surface area contributed by atoms with Crippen LogP contribution in [0.3, 0.4) is 0 Å². The van der Waals surface area contributed by atoms with Crippen molar-refractivity contribution in [1.82, 2.24) is 15.1 Å². The zero-order valence-corrected chi connectivity index (χ0v) is 13.7. The van der Waals surface area contributed by atoms with Gasteiger partial charge in [0, 0.05) is 18.1 Å². The Labute approximate surface area is 132 Å². The summed E-state index contributed by atoms with van der Waals surface area (Å²) in [5.41, 5.74) is 1.06. The number of benzene rings is 1. The van der Waals surface area contributed by atoms with E-state index in [0.717, 1.165) is 31.5 Å². The van der Waals surface area contributed by atoms with Gasteiger partial charge in [-0.3, -0.25) is 0 Å². The van der Waals surface area contributed by atoms with Crippen molar-refractivity contribution in [2.24, 2.45) is 0 Å². The van der Waals surface area contributed by atoms with E-state index in [1.165, 1.54) is 0 Å². The second-order valence-corrected chi connectivity index (χ2v) is 6.30. The molecular weight excluding hydrogens is 286 g/mol. The van der Waals surface area contributed by atoms with Crippen LogP contribution in [0, 0.1) is 0 Å². The first-order valence-corrected chi connectivity index (χ1v) is 7.82. The minimum absolute atomic E-state index is 0.00740. The molecule has 0 saturated carbocycles. The molecular formula is C16H24ClN3O. The van der Waals surface area contributed by atoms with E-state index in [1.54, 1.807) is 0 Å². The largest absolute Gasteiger partial charge is 0.331 e. The first kappa shape index (κ1) is 16.1. The van der Waals surface area contributed by atoms with Crippen molar-refractivity contribution in [3.8, 4) is 0 Å². The molecule has 5 heteroatoms. The summed E-state index contributed by atoms with van der Waals surface area (Å²) in [7, 11) is 4.01. The van der Waals surface area contributed by atoms with E-state index in [0.29, 0.717) is 11.1 Å². The lowest BCUT2D eigenvalue weighted by Gasteiger charge is -2.35. The van der Waals surface area contributed by atoms with Crippen molar-refractivity contribution in [2.75, 3.05) is 27.2 Å². The van der Waals surface area contributed by atoms with E-state index in [4.69, 9.17) is 11.6 Å². The van der Waals surface area contributed by atoms with E-state index < -0.39 is 0 Å². The van der Waals surface area contributed by atoms with Gasteiger partial charge in [-0.1, -0.05) is 23.7 Å². The van der Waals surface area contributed by atoms with Gasteiger partial charge in [-0.05, 0) is 57.6 Å². The highest BCUT2D eigenvalue weighted by atomic mass is 35.5. The number of rotatable bonds is 3. The predicted molar refractivity (Wildman–Crippen MR) is 86.7 cm³/mol. The molecule has 1 aromatic carbocycles. The van der Waals surface area contributed by atoms with Gasteiger partial charge in [-0.2, -0.15) is 0 Å². The number of nitrogens with one attached hydrogen (secondary N) is 1. The second-order valence-electron chi connectivity index (χ2n) is 5.87. The Morgan fingerprint density at radius 3 is 2.48 bits per heavy atom. The van der Waals surface area contributed by atoms with E-state index in [1.807, 2.05) is 43.1 Å². The number of urea groups is 1. The summed E-state index contributed by atoms with van der Waals surface area (Å²) < 4.78 is 0. The molecule has 0 aromatic heterocycles. The summed E-state index contributed by atoms with van der Waals surface area (Å²) in [5.74, 6) is 0. The molecule has 2 amide bonds. The molecule has 21 heavy (non-hydrogen) atoms. The number of likely N-dealkylation sites (tertiary alicyclic amines) is 1. The maximum Gasteiger partial charge on any atom is 0.317 e. The SMILES string of the molecule is CC(NC(=O)N(C)C1CCN(C)CC1)c1ccc(Cl)cc1. The van der Waals surface area contributed by atoms with E-state index in [2.05, 4.69) is 17.3 Å². The van der Waals surface area contributed by atoms with Crippen LogP contribution in [-0.2, 0) is 0 Å². The summed E-state index contributed by atoms with van der Waals surface area (Å²) in [5, 5.41) is 3.76. The average molecular weight is 310 g/mol. The number of carbonyl (C=O) groups is 1. The molecule has 1 fully saturated rings. The molecule has 1 atom stereocenters. The van der Waals surface area contributed by atoms with E-state index in [9.17, 15) is 4.79 Å². The molecule has 0 spiro atoms. The van der Waals surface area contributed by atoms with E-state index >= 15 is 0 Å². The van der Waals surface area contributed by atoms with Crippen molar-refractivity contribution < 1.29 is 4.79 Å². The number of hydrogen-bond acceptors (Lipinski definition) is 2. The highest BCUT2D eigenvalue weighted by Gasteiger charge is 2.24. The standard InChI is InChI=1S/C16H24ClN3O/c1-12(13-4-6-14(17)7-5-13)18-16(21)20(3)15-8-10-19(2)11-9-15/h4-7,12,15H,8-11H2,1-3H3,(H,18,21). The lowest BCUT2D eigenvalue weighted by molar-refractivity contribution is 0.146. The molecule has 1 heterocycles. The Hall–Kier alpha value is -1.26. The number of nitrogens with zero attached hydrogens (tertiary/aromatic N) is 2. The quantitative estimate of drug-likeness (QED) is 0.931. The van der Waals surface area contributed by atoms with Crippen LogP contribution in [-0.4, -0.2) is 49.1 Å². The molecule has 1 saturated heterocycles.